The topological polar surface area (TPSA) is 83.6 Å². The molecular formula is C15H20N4O3S. The number of anilines is 3. The van der Waals surface area contributed by atoms with Crippen LogP contribution in [0.2, 0.25) is 0 Å². The second kappa shape index (κ2) is 7.30. The third-order valence-electron chi connectivity index (χ3n) is 2.94. The van der Waals surface area contributed by atoms with Crippen molar-refractivity contribution in [1.29, 1.82) is 0 Å². The van der Waals surface area contributed by atoms with Gasteiger partial charge in [0.15, 0.2) is 0 Å². The molecule has 0 aliphatic carbocycles. The zero-order chi connectivity index (χ0) is 16.9. The van der Waals surface area contributed by atoms with Gasteiger partial charge in [-0.25, -0.2) is 4.98 Å². The van der Waals surface area contributed by atoms with Crippen molar-refractivity contribution in [2.75, 3.05) is 30.7 Å². The third-order valence-corrected chi connectivity index (χ3v) is 4.40. The van der Waals surface area contributed by atoms with E-state index in [0.29, 0.717) is 18.1 Å². The molecule has 0 spiro atoms. The fraction of sp³-hybridized carbons (Fsp3) is 0.267. The predicted octanol–water partition coefficient (Wildman–Crippen LogP) is 2.44. The first-order valence-electron chi connectivity index (χ1n) is 7.07. The molecule has 0 saturated heterocycles. The Bertz CT molecular complexity index is 746. The number of para-hydroxylation sites is 2. The highest BCUT2D eigenvalue weighted by Crippen LogP contribution is 2.26. The van der Waals surface area contributed by atoms with Gasteiger partial charge in [0.1, 0.15) is 11.6 Å². The number of ether oxygens (including phenoxy) is 1. The van der Waals surface area contributed by atoms with Crippen molar-refractivity contribution in [3.05, 3.63) is 42.6 Å². The molecule has 7 nitrogen and oxygen atoms in total. The Morgan fingerprint density at radius 1 is 1.17 bits per heavy atom. The number of pyridine rings is 1. The molecule has 0 radical (unpaired) electrons. The molecule has 0 fully saturated rings. The molecule has 0 amide bonds. The monoisotopic (exact) mass is 336 g/mol. The first-order chi connectivity index (χ1) is 10.9. The normalized spacial score (nSPS) is 11.3. The summed E-state index contributed by atoms with van der Waals surface area (Å²) >= 11 is 0. The summed E-state index contributed by atoms with van der Waals surface area (Å²) in [7, 11) is -0.625. The van der Waals surface area contributed by atoms with Crippen molar-refractivity contribution in [3.63, 3.8) is 0 Å². The van der Waals surface area contributed by atoms with Gasteiger partial charge < -0.3 is 10.1 Å². The number of hydrogen-bond donors (Lipinski definition) is 2. The van der Waals surface area contributed by atoms with E-state index in [9.17, 15) is 8.42 Å². The van der Waals surface area contributed by atoms with E-state index in [-0.39, 0.29) is 0 Å². The number of hydrogen-bond acceptors (Lipinski definition) is 5. The lowest BCUT2D eigenvalue weighted by molar-refractivity contribution is 0.342. The molecule has 0 aliphatic rings. The highest BCUT2D eigenvalue weighted by Gasteiger charge is 2.13. The summed E-state index contributed by atoms with van der Waals surface area (Å²) in [5.41, 5.74) is 1.19. The zero-order valence-electron chi connectivity index (χ0n) is 13.3. The number of nitrogens with zero attached hydrogens (tertiary/aromatic N) is 2. The maximum Gasteiger partial charge on any atom is 0.301 e. The van der Waals surface area contributed by atoms with E-state index in [2.05, 4.69) is 15.0 Å². The Morgan fingerprint density at radius 3 is 2.52 bits per heavy atom. The fourth-order valence-electron chi connectivity index (χ4n) is 1.76. The zero-order valence-corrected chi connectivity index (χ0v) is 14.1. The standard InChI is InChI=1S/C15H20N4O3S/c1-4-22-14-8-6-5-7-13(14)17-15-10-9-12(11-16-15)18-23(20,21)19(2)3/h5-11,18H,4H2,1-3H3,(H,16,17). The summed E-state index contributed by atoms with van der Waals surface area (Å²) in [5, 5.41) is 3.15. The lowest BCUT2D eigenvalue weighted by Gasteiger charge is -2.14. The van der Waals surface area contributed by atoms with Crippen molar-refractivity contribution in [2.24, 2.45) is 0 Å². The summed E-state index contributed by atoms with van der Waals surface area (Å²) in [6, 6.07) is 10.9. The molecule has 1 aromatic carbocycles. The number of benzene rings is 1. The van der Waals surface area contributed by atoms with Gasteiger partial charge in [0.2, 0.25) is 0 Å². The molecule has 8 heteroatoms. The molecule has 23 heavy (non-hydrogen) atoms. The van der Waals surface area contributed by atoms with Crippen molar-refractivity contribution in [2.45, 2.75) is 6.92 Å². The van der Waals surface area contributed by atoms with Crippen LogP contribution < -0.4 is 14.8 Å². The van der Waals surface area contributed by atoms with E-state index in [1.54, 1.807) is 12.1 Å². The van der Waals surface area contributed by atoms with Crippen LogP contribution in [0.3, 0.4) is 0 Å². The van der Waals surface area contributed by atoms with Crippen LogP contribution in [-0.2, 0) is 10.2 Å². The molecule has 2 N–H and O–H groups in total. The van der Waals surface area contributed by atoms with Gasteiger partial charge in [-0.1, -0.05) is 12.1 Å². The molecule has 0 aliphatic heterocycles. The molecule has 0 atom stereocenters. The second-order valence-electron chi connectivity index (χ2n) is 4.88. The van der Waals surface area contributed by atoms with Crippen LogP contribution in [0.25, 0.3) is 0 Å². The van der Waals surface area contributed by atoms with Crippen LogP contribution in [0.5, 0.6) is 5.75 Å². The van der Waals surface area contributed by atoms with Gasteiger partial charge in [0.25, 0.3) is 0 Å². The van der Waals surface area contributed by atoms with Gasteiger partial charge in [-0.05, 0) is 31.2 Å². The van der Waals surface area contributed by atoms with E-state index in [4.69, 9.17) is 4.74 Å². The van der Waals surface area contributed by atoms with Gasteiger partial charge >= 0.3 is 10.2 Å². The van der Waals surface area contributed by atoms with Crippen molar-refractivity contribution in [3.8, 4) is 5.75 Å². The minimum Gasteiger partial charge on any atom is -0.492 e. The van der Waals surface area contributed by atoms with E-state index in [0.717, 1.165) is 15.7 Å². The van der Waals surface area contributed by atoms with Crippen molar-refractivity contribution >= 4 is 27.4 Å². The maximum atomic E-state index is 11.7. The number of rotatable bonds is 7. The molecule has 1 aromatic heterocycles. The van der Waals surface area contributed by atoms with Gasteiger partial charge in [0, 0.05) is 14.1 Å². The van der Waals surface area contributed by atoms with E-state index < -0.39 is 10.2 Å². The average Bonchev–Trinajstić information content (AvgIpc) is 2.51. The van der Waals surface area contributed by atoms with Gasteiger partial charge in [-0.2, -0.15) is 12.7 Å². The predicted molar refractivity (Wildman–Crippen MR) is 91.4 cm³/mol. The summed E-state index contributed by atoms with van der Waals surface area (Å²) in [6.45, 7) is 2.48. The Hall–Kier alpha value is -2.32. The number of nitrogens with one attached hydrogen (secondary N) is 2. The van der Waals surface area contributed by atoms with E-state index >= 15 is 0 Å². The quantitative estimate of drug-likeness (QED) is 0.811. The van der Waals surface area contributed by atoms with Crippen molar-refractivity contribution in [1.82, 2.24) is 9.29 Å². The molecule has 2 aromatic rings. The number of aromatic nitrogens is 1. The maximum absolute atomic E-state index is 11.7. The summed E-state index contributed by atoms with van der Waals surface area (Å²) < 4.78 is 32.6. The Kier molecular flexibility index (Phi) is 5.41. The van der Waals surface area contributed by atoms with Gasteiger partial charge in [-0.15, -0.1) is 0 Å². The van der Waals surface area contributed by atoms with Gasteiger partial charge in [-0.3, -0.25) is 4.72 Å². The first-order valence-corrected chi connectivity index (χ1v) is 8.51. The molecule has 2 rings (SSSR count). The molecule has 124 valence electrons. The fourth-order valence-corrected chi connectivity index (χ4v) is 2.36. The molecular weight excluding hydrogens is 316 g/mol. The highest BCUT2D eigenvalue weighted by atomic mass is 32.2. The van der Waals surface area contributed by atoms with Gasteiger partial charge in [0.05, 0.1) is 24.2 Å². The minimum absolute atomic E-state index is 0.391. The van der Waals surface area contributed by atoms with Crippen LogP contribution in [0, 0.1) is 0 Å². The van der Waals surface area contributed by atoms with E-state index in [1.165, 1.54) is 20.3 Å². The minimum atomic E-state index is -3.53. The summed E-state index contributed by atoms with van der Waals surface area (Å²) in [5.74, 6) is 1.32. The lowest BCUT2D eigenvalue weighted by atomic mass is 10.3. The molecule has 0 bridgehead atoms. The van der Waals surface area contributed by atoms with Crippen molar-refractivity contribution < 1.29 is 13.2 Å². The third kappa shape index (κ3) is 4.57. The van der Waals surface area contributed by atoms with Crippen LogP contribution in [0.4, 0.5) is 17.2 Å². The highest BCUT2D eigenvalue weighted by molar-refractivity contribution is 7.90. The van der Waals surface area contributed by atoms with Crippen LogP contribution in [0.15, 0.2) is 42.6 Å². The largest absolute Gasteiger partial charge is 0.492 e. The van der Waals surface area contributed by atoms with Crippen LogP contribution in [-0.4, -0.2) is 38.4 Å². The second-order valence-corrected chi connectivity index (χ2v) is 6.76. The van der Waals surface area contributed by atoms with Crippen LogP contribution in [0.1, 0.15) is 6.92 Å². The Labute approximate surface area is 136 Å². The SMILES string of the molecule is CCOc1ccccc1Nc1ccc(NS(=O)(=O)N(C)C)cn1. The summed E-state index contributed by atoms with van der Waals surface area (Å²) in [6.07, 6.45) is 1.45. The van der Waals surface area contributed by atoms with Crippen LogP contribution >= 0.6 is 0 Å². The molecule has 1 heterocycles. The average molecular weight is 336 g/mol. The molecule has 0 saturated carbocycles. The Morgan fingerprint density at radius 2 is 1.91 bits per heavy atom. The first kappa shape index (κ1) is 17.0. The Balaban J connectivity index is 2.12. The smallest absolute Gasteiger partial charge is 0.301 e. The summed E-state index contributed by atoms with van der Waals surface area (Å²) in [4.78, 5) is 4.21. The van der Waals surface area contributed by atoms with E-state index in [1.807, 2.05) is 31.2 Å². The molecule has 0 unspecified atom stereocenters. The lowest BCUT2D eigenvalue weighted by Crippen LogP contribution is -2.28.